The van der Waals surface area contributed by atoms with Gasteiger partial charge in [-0.3, -0.25) is 4.79 Å². The first-order valence-electron chi connectivity index (χ1n) is 4.33. The van der Waals surface area contributed by atoms with Crippen LogP contribution in [0.25, 0.3) is 0 Å². The van der Waals surface area contributed by atoms with E-state index in [1.165, 1.54) is 0 Å². The first-order valence-corrected chi connectivity index (χ1v) is 4.33. The van der Waals surface area contributed by atoms with Gasteiger partial charge in [0.1, 0.15) is 0 Å². The summed E-state index contributed by atoms with van der Waals surface area (Å²) < 4.78 is 74.3. The Morgan fingerprint density at radius 2 is 1.62 bits per heavy atom. The standard InChI is InChI=1S/C9H8F6O/c1-7(9(13,14)15)3-5(8(10,11)12)2-6(16)4-7/h2H,3-4H2,1H3. The Bertz CT molecular complexity index is 337. The molecule has 1 unspecified atom stereocenters. The Labute approximate surface area is 87.1 Å². The molecule has 0 bridgehead atoms. The Morgan fingerprint density at radius 1 is 1.12 bits per heavy atom. The molecule has 0 N–H and O–H groups in total. The fraction of sp³-hybridized carbons (Fsp3) is 0.667. The minimum absolute atomic E-state index is 0.257. The van der Waals surface area contributed by atoms with E-state index in [1.54, 1.807) is 0 Å². The van der Waals surface area contributed by atoms with Crippen molar-refractivity contribution in [1.29, 1.82) is 0 Å². The molecule has 0 aromatic carbocycles. The highest BCUT2D eigenvalue weighted by Gasteiger charge is 2.56. The molecule has 92 valence electrons. The van der Waals surface area contributed by atoms with Gasteiger partial charge in [0.15, 0.2) is 5.78 Å². The minimum Gasteiger partial charge on any atom is -0.295 e. The van der Waals surface area contributed by atoms with Crippen molar-refractivity contribution in [2.75, 3.05) is 0 Å². The van der Waals surface area contributed by atoms with E-state index in [4.69, 9.17) is 0 Å². The number of hydrogen-bond acceptors (Lipinski definition) is 1. The van der Waals surface area contributed by atoms with Gasteiger partial charge in [-0.1, -0.05) is 6.92 Å². The van der Waals surface area contributed by atoms with Crippen molar-refractivity contribution in [1.82, 2.24) is 0 Å². The molecule has 1 nitrogen and oxygen atoms in total. The lowest BCUT2D eigenvalue weighted by atomic mass is 9.74. The van der Waals surface area contributed by atoms with Crippen molar-refractivity contribution in [3.05, 3.63) is 11.6 Å². The first-order chi connectivity index (χ1) is 6.96. The Hall–Kier alpha value is -1.01. The molecule has 0 radical (unpaired) electrons. The van der Waals surface area contributed by atoms with Gasteiger partial charge in [-0.05, 0) is 12.5 Å². The Balaban J connectivity index is 3.09. The molecular formula is C9H8F6O. The van der Waals surface area contributed by atoms with Gasteiger partial charge >= 0.3 is 12.4 Å². The molecule has 0 aromatic rings. The van der Waals surface area contributed by atoms with Crippen LogP contribution in [0.5, 0.6) is 0 Å². The molecule has 0 spiro atoms. The fourth-order valence-corrected chi connectivity index (χ4v) is 1.55. The third-order valence-electron chi connectivity index (χ3n) is 2.53. The van der Waals surface area contributed by atoms with Gasteiger partial charge in [0.25, 0.3) is 0 Å². The summed E-state index contributed by atoms with van der Waals surface area (Å²) in [6.07, 6.45) is -11.6. The molecule has 0 saturated carbocycles. The van der Waals surface area contributed by atoms with Crippen LogP contribution in [0.4, 0.5) is 26.3 Å². The van der Waals surface area contributed by atoms with Gasteiger partial charge in [-0.25, -0.2) is 0 Å². The number of carbonyl (C=O) groups is 1. The van der Waals surface area contributed by atoms with Crippen molar-refractivity contribution in [2.45, 2.75) is 32.1 Å². The largest absolute Gasteiger partial charge is 0.412 e. The van der Waals surface area contributed by atoms with E-state index in [-0.39, 0.29) is 6.08 Å². The van der Waals surface area contributed by atoms with Crippen LogP contribution in [0.15, 0.2) is 11.6 Å². The van der Waals surface area contributed by atoms with Crippen LogP contribution in [0, 0.1) is 5.41 Å². The summed E-state index contributed by atoms with van der Waals surface area (Å²) in [5, 5.41) is 0. The van der Waals surface area contributed by atoms with Crippen molar-refractivity contribution < 1.29 is 31.1 Å². The molecular weight excluding hydrogens is 238 g/mol. The van der Waals surface area contributed by atoms with Crippen molar-refractivity contribution in [3.63, 3.8) is 0 Å². The molecule has 0 heterocycles. The second-order valence-corrected chi connectivity index (χ2v) is 4.05. The fourth-order valence-electron chi connectivity index (χ4n) is 1.55. The average molecular weight is 246 g/mol. The van der Waals surface area contributed by atoms with E-state index in [0.717, 1.165) is 0 Å². The van der Waals surface area contributed by atoms with Crippen LogP contribution >= 0.6 is 0 Å². The molecule has 7 heteroatoms. The van der Waals surface area contributed by atoms with Crippen LogP contribution in [0.3, 0.4) is 0 Å². The summed E-state index contributed by atoms with van der Waals surface area (Å²) >= 11 is 0. The van der Waals surface area contributed by atoms with Crippen molar-refractivity contribution >= 4 is 5.78 Å². The number of rotatable bonds is 0. The molecule has 0 fully saturated rings. The summed E-state index contributed by atoms with van der Waals surface area (Å²) in [5.74, 6) is -1.14. The number of ketones is 1. The summed E-state index contributed by atoms with van der Waals surface area (Å²) in [4.78, 5) is 10.9. The van der Waals surface area contributed by atoms with Crippen molar-refractivity contribution in [3.8, 4) is 0 Å². The monoisotopic (exact) mass is 246 g/mol. The zero-order chi connectivity index (χ0) is 12.8. The second kappa shape index (κ2) is 3.49. The van der Waals surface area contributed by atoms with Gasteiger partial charge in [-0.15, -0.1) is 0 Å². The summed E-state index contributed by atoms with van der Waals surface area (Å²) in [6.45, 7) is 0.629. The number of hydrogen-bond donors (Lipinski definition) is 0. The van der Waals surface area contributed by atoms with Gasteiger partial charge in [-0.2, -0.15) is 26.3 Å². The normalized spacial score (nSPS) is 27.9. The lowest BCUT2D eigenvalue weighted by Crippen LogP contribution is -2.41. The van der Waals surface area contributed by atoms with Crippen molar-refractivity contribution in [2.24, 2.45) is 5.41 Å². The van der Waals surface area contributed by atoms with E-state index in [1.807, 2.05) is 0 Å². The van der Waals surface area contributed by atoms with Crippen LogP contribution in [0.2, 0.25) is 0 Å². The van der Waals surface area contributed by atoms with E-state index < -0.39 is 42.0 Å². The number of allylic oxidation sites excluding steroid dienone is 2. The van der Waals surface area contributed by atoms with E-state index in [2.05, 4.69) is 0 Å². The molecule has 0 saturated heterocycles. The van der Waals surface area contributed by atoms with Gasteiger partial charge in [0, 0.05) is 12.0 Å². The zero-order valence-corrected chi connectivity index (χ0v) is 8.17. The lowest BCUT2D eigenvalue weighted by Gasteiger charge is -2.35. The Kier molecular flexibility index (Phi) is 2.85. The van der Waals surface area contributed by atoms with Crippen LogP contribution < -0.4 is 0 Å². The molecule has 0 aromatic heterocycles. The topological polar surface area (TPSA) is 17.1 Å². The molecule has 1 atom stereocenters. The SMILES string of the molecule is CC1(C(F)(F)F)CC(=O)C=C(C(F)(F)F)C1. The maximum atomic E-state index is 12.5. The number of carbonyl (C=O) groups excluding carboxylic acids is 1. The smallest absolute Gasteiger partial charge is 0.295 e. The molecule has 1 rings (SSSR count). The third kappa shape index (κ3) is 2.38. The highest BCUT2D eigenvalue weighted by atomic mass is 19.4. The number of alkyl halides is 6. The van der Waals surface area contributed by atoms with Crippen LogP contribution in [0.1, 0.15) is 19.8 Å². The Morgan fingerprint density at radius 3 is 2.00 bits per heavy atom. The van der Waals surface area contributed by atoms with Gasteiger partial charge in [0.2, 0.25) is 0 Å². The molecule has 16 heavy (non-hydrogen) atoms. The second-order valence-electron chi connectivity index (χ2n) is 4.05. The third-order valence-corrected chi connectivity index (χ3v) is 2.53. The highest BCUT2D eigenvalue weighted by molar-refractivity contribution is 5.92. The maximum Gasteiger partial charge on any atom is 0.412 e. The van der Waals surface area contributed by atoms with Crippen LogP contribution in [-0.4, -0.2) is 18.1 Å². The molecule has 0 aliphatic heterocycles. The summed E-state index contributed by atoms with van der Waals surface area (Å²) in [5.41, 5.74) is -4.03. The van der Waals surface area contributed by atoms with Gasteiger partial charge in [0.05, 0.1) is 5.41 Å². The highest BCUT2D eigenvalue weighted by Crippen LogP contribution is 2.50. The summed E-state index contributed by atoms with van der Waals surface area (Å²) in [7, 11) is 0. The first kappa shape index (κ1) is 13.1. The lowest BCUT2D eigenvalue weighted by molar-refractivity contribution is -0.224. The summed E-state index contributed by atoms with van der Waals surface area (Å²) in [6, 6.07) is 0. The number of halogens is 6. The molecule has 1 aliphatic rings. The predicted octanol–water partition coefficient (Wildman–Crippen LogP) is 3.41. The predicted molar refractivity (Wildman–Crippen MR) is 42.5 cm³/mol. The molecule has 0 amide bonds. The quantitative estimate of drug-likeness (QED) is 0.598. The van der Waals surface area contributed by atoms with Gasteiger partial charge < -0.3 is 0 Å². The minimum atomic E-state index is -4.89. The van der Waals surface area contributed by atoms with E-state index >= 15 is 0 Å². The van der Waals surface area contributed by atoms with E-state index in [9.17, 15) is 31.1 Å². The van der Waals surface area contributed by atoms with Crippen LogP contribution in [-0.2, 0) is 4.79 Å². The molecule has 1 aliphatic carbocycles. The average Bonchev–Trinajstić information content (AvgIpc) is 1.98. The zero-order valence-electron chi connectivity index (χ0n) is 8.17. The maximum absolute atomic E-state index is 12.5. The van der Waals surface area contributed by atoms with E-state index in [0.29, 0.717) is 6.92 Å².